The number of rotatable bonds is 3. The molecule has 2 rings (SSSR count). The van der Waals surface area contributed by atoms with Gasteiger partial charge in [-0.3, -0.25) is 4.98 Å². The number of aryl methyl sites for hydroxylation is 1. The fourth-order valence-electron chi connectivity index (χ4n) is 3.31. The summed E-state index contributed by atoms with van der Waals surface area (Å²) in [5, 5.41) is 11.2. The minimum absolute atomic E-state index is 0.0394. The first-order chi connectivity index (χ1) is 9.67. The first-order valence-electron chi connectivity index (χ1n) is 7.33. The van der Waals surface area contributed by atoms with Gasteiger partial charge in [-0.15, -0.1) is 0 Å². The number of nitrogens with zero attached hydrogens (tertiary/aromatic N) is 1. The Bertz CT molecular complexity index is 622. The van der Waals surface area contributed by atoms with E-state index < -0.39 is 0 Å². The van der Waals surface area contributed by atoms with Gasteiger partial charge < -0.3 is 10.7 Å². The molecule has 0 atom stereocenters. The third-order valence-electron chi connectivity index (χ3n) is 3.80. The van der Waals surface area contributed by atoms with Gasteiger partial charge in [0.2, 0.25) is 0 Å². The van der Waals surface area contributed by atoms with E-state index in [1.54, 1.807) is 6.08 Å². The second-order valence-electron chi connectivity index (χ2n) is 7.02. The quantitative estimate of drug-likeness (QED) is 0.825. The van der Waals surface area contributed by atoms with Gasteiger partial charge in [-0.25, -0.2) is 0 Å². The molecule has 0 radical (unpaired) electrons. The fourth-order valence-corrected chi connectivity index (χ4v) is 3.31. The molecular weight excluding hydrogens is 258 g/mol. The minimum Gasteiger partial charge on any atom is -0.308 e. The van der Waals surface area contributed by atoms with Crippen molar-refractivity contribution >= 4 is 17.9 Å². The molecule has 0 spiro atoms. The molecule has 1 aromatic heterocycles. The fraction of sp³-hybridized carbons (Fsp3) is 0.444. The standard InChI is InChI=1S/C18H25N3/c1-7-13-8-16(20-12(2)15(13)11-19)14-9-17(3,4)21-18(5,6)10-14/h7-9,11,19,21H,1,10H2,2-6H3. The predicted octanol–water partition coefficient (Wildman–Crippen LogP) is 3.96. The highest BCUT2D eigenvalue weighted by Crippen LogP contribution is 2.33. The van der Waals surface area contributed by atoms with Gasteiger partial charge in [0.05, 0.1) is 5.69 Å². The molecule has 1 aromatic rings. The van der Waals surface area contributed by atoms with E-state index in [1.807, 2.05) is 13.0 Å². The number of hydrogen-bond donors (Lipinski definition) is 2. The summed E-state index contributed by atoms with van der Waals surface area (Å²) in [6, 6.07) is 2.05. The molecule has 0 aliphatic carbocycles. The summed E-state index contributed by atoms with van der Waals surface area (Å²) in [5.74, 6) is 0. The third-order valence-corrected chi connectivity index (χ3v) is 3.80. The Balaban J connectivity index is 2.56. The van der Waals surface area contributed by atoms with Crippen molar-refractivity contribution in [1.82, 2.24) is 10.3 Å². The van der Waals surface area contributed by atoms with E-state index in [0.717, 1.165) is 28.9 Å². The average molecular weight is 283 g/mol. The molecule has 0 bridgehead atoms. The maximum absolute atomic E-state index is 7.53. The second-order valence-corrected chi connectivity index (χ2v) is 7.02. The van der Waals surface area contributed by atoms with E-state index in [4.69, 9.17) is 10.4 Å². The molecule has 3 heteroatoms. The van der Waals surface area contributed by atoms with Crippen molar-refractivity contribution in [2.24, 2.45) is 0 Å². The van der Waals surface area contributed by atoms with E-state index >= 15 is 0 Å². The van der Waals surface area contributed by atoms with Crippen molar-refractivity contribution < 1.29 is 0 Å². The monoisotopic (exact) mass is 283 g/mol. The van der Waals surface area contributed by atoms with Crippen molar-refractivity contribution in [3.05, 3.63) is 41.2 Å². The Kier molecular flexibility index (Phi) is 3.89. The zero-order valence-electron chi connectivity index (χ0n) is 13.7. The molecule has 0 aromatic carbocycles. The van der Waals surface area contributed by atoms with Gasteiger partial charge in [-0.2, -0.15) is 0 Å². The average Bonchev–Trinajstić information content (AvgIpc) is 2.33. The smallest absolute Gasteiger partial charge is 0.0669 e. The van der Waals surface area contributed by atoms with Gasteiger partial charge in [-0.1, -0.05) is 18.7 Å². The molecule has 1 aliphatic heterocycles. The zero-order chi connectivity index (χ0) is 15.8. The molecule has 0 saturated heterocycles. The highest BCUT2D eigenvalue weighted by Gasteiger charge is 2.33. The number of aromatic nitrogens is 1. The van der Waals surface area contributed by atoms with Crippen LogP contribution < -0.4 is 5.32 Å². The summed E-state index contributed by atoms with van der Waals surface area (Å²) in [5.41, 5.74) is 4.94. The lowest BCUT2D eigenvalue weighted by Gasteiger charge is -2.41. The van der Waals surface area contributed by atoms with E-state index in [1.165, 1.54) is 11.8 Å². The van der Waals surface area contributed by atoms with E-state index in [-0.39, 0.29) is 11.1 Å². The summed E-state index contributed by atoms with van der Waals surface area (Å²) < 4.78 is 0. The van der Waals surface area contributed by atoms with Crippen LogP contribution in [0.25, 0.3) is 11.6 Å². The predicted molar refractivity (Wildman–Crippen MR) is 90.8 cm³/mol. The SMILES string of the molecule is C=Cc1cc(C2=CC(C)(C)NC(C)(C)C2)nc(C)c1C=N. The molecule has 1 aliphatic rings. The lowest BCUT2D eigenvalue weighted by atomic mass is 9.82. The molecule has 2 heterocycles. The maximum Gasteiger partial charge on any atom is 0.0669 e. The van der Waals surface area contributed by atoms with Crippen LogP contribution in [0.5, 0.6) is 0 Å². The van der Waals surface area contributed by atoms with Gasteiger partial charge in [0.15, 0.2) is 0 Å². The Morgan fingerprint density at radius 3 is 2.52 bits per heavy atom. The van der Waals surface area contributed by atoms with Crippen LogP contribution in [0, 0.1) is 12.3 Å². The summed E-state index contributed by atoms with van der Waals surface area (Å²) in [7, 11) is 0. The molecule has 0 amide bonds. The molecule has 0 saturated carbocycles. The number of hydrogen-bond acceptors (Lipinski definition) is 3. The van der Waals surface area contributed by atoms with Crippen LogP contribution in [0.3, 0.4) is 0 Å². The number of nitrogens with one attached hydrogen (secondary N) is 2. The minimum atomic E-state index is -0.0543. The molecule has 2 N–H and O–H groups in total. The lowest BCUT2D eigenvalue weighted by Crippen LogP contribution is -2.53. The van der Waals surface area contributed by atoms with Crippen LogP contribution in [-0.2, 0) is 0 Å². The highest BCUT2D eigenvalue weighted by molar-refractivity contribution is 5.85. The Morgan fingerprint density at radius 1 is 1.33 bits per heavy atom. The van der Waals surface area contributed by atoms with Gasteiger partial charge in [-0.05, 0) is 58.2 Å². The summed E-state index contributed by atoms with van der Waals surface area (Å²) in [6.45, 7) is 14.6. The molecule has 0 fully saturated rings. The lowest BCUT2D eigenvalue weighted by molar-refractivity contribution is 0.297. The van der Waals surface area contributed by atoms with Gasteiger partial charge in [0, 0.05) is 28.5 Å². The molecule has 3 nitrogen and oxygen atoms in total. The van der Waals surface area contributed by atoms with Crippen LogP contribution in [0.15, 0.2) is 18.7 Å². The van der Waals surface area contributed by atoms with E-state index in [2.05, 4.69) is 45.7 Å². The summed E-state index contributed by atoms with van der Waals surface area (Å²) in [4.78, 5) is 4.71. The molecule has 112 valence electrons. The number of pyridine rings is 1. The van der Waals surface area contributed by atoms with Crippen molar-refractivity contribution in [3.63, 3.8) is 0 Å². The summed E-state index contributed by atoms with van der Waals surface area (Å²) in [6.07, 6.45) is 6.35. The third kappa shape index (κ3) is 3.30. The summed E-state index contributed by atoms with van der Waals surface area (Å²) >= 11 is 0. The normalized spacial score (nSPS) is 19.8. The van der Waals surface area contributed by atoms with Gasteiger partial charge >= 0.3 is 0 Å². The van der Waals surface area contributed by atoms with Crippen LogP contribution in [0.2, 0.25) is 0 Å². The van der Waals surface area contributed by atoms with Crippen LogP contribution in [-0.4, -0.2) is 22.3 Å². The van der Waals surface area contributed by atoms with E-state index in [9.17, 15) is 0 Å². The second kappa shape index (κ2) is 5.23. The van der Waals surface area contributed by atoms with Crippen LogP contribution in [0.4, 0.5) is 0 Å². The molecule has 0 unspecified atom stereocenters. The Morgan fingerprint density at radius 2 is 2.00 bits per heavy atom. The van der Waals surface area contributed by atoms with Gasteiger partial charge in [0.25, 0.3) is 0 Å². The van der Waals surface area contributed by atoms with Crippen molar-refractivity contribution in [3.8, 4) is 0 Å². The Labute approximate surface area is 127 Å². The Hall–Kier alpha value is -1.74. The zero-order valence-corrected chi connectivity index (χ0v) is 13.7. The maximum atomic E-state index is 7.53. The topological polar surface area (TPSA) is 48.8 Å². The highest BCUT2D eigenvalue weighted by atomic mass is 15.0. The van der Waals surface area contributed by atoms with Crippen molar-refractivity contribution in [2.45, 2.75) is 52.1 Å². The largest absolute Gasteiger partial charge is 0.308 e. The molecule has 21 heavy (non-hydrogen) atoms. The van der Waals surface area contributed by atoms with Gasteiger partial charge in [0.1, 0.15) is 0 Å². The van der Waals surface area contributed by atoms with Crippen molar-refractivity contribution in [1.29, 1.82) is 5.41 Å². The van der Waals surface area contributed by atoms with Crippen LogP contribution in [0.1, 0.15) is 56.6 Å². The molecular formula is C18H25N3. The van der Waals surface area contributed by atoms with Crippen molar-refractivity contribution in [2.75, 3.05) is 0 Å². The van der Waals surface area contributed by atoms with E-state index in [0.29, 0.717) is 0 Å². The van der Waals surface area contributed by atoms with Crippen LogP contribution >= 0.6 is 0 Å². The first-order valence-corrected chi connectivity index (χ1v) is 7.33. The first kappa shape index (κ1) is 15.6.